The summed E-state index contributed by atoms with van der Waals surface area (Å²) in [6.07, 6.45) is 5.27. The van der Waals surface area contributed by atoms with Crippen LogP contribution in [0.1, 0.15) is 47.1 Å². The van der Waals surface area contributed by atoms with Crippen molar-refractivity contribution in [2.24, 2.45) is 0 Å². The highest BCUT2D eigenvalue weighted by atomic mass is 35.5. The van der Waals surface area contributed by atoms with Crippen LogP contribution >= 0.6 is 41.9 Å². The summed E-state index contributed by atoms with van der Waals surface area (Å²) in [7, 11) is -9.48. The van der Waals surface area contributed by atoms with E-state index in [-0.39, 0.29) is 31.2 Å². The van der Waals surface area contributed by atoms with E-state index in [1.165, 1.54) is 13.2 Å². The summed E-state index contributed by atoms with van der Waals surface area (Å²) in [5, 5.41) is 21.6. The Labute approximate surface area is 549 Å². The predicted octanol–water partition coefficient (Wildman–Crippen LogP) is 13.0. The first-order valence-corrected chi connectivity index (χ1v) is 36.5. The number of methoxy groups -OCH3 is 2. The molecule has 6 heterocycles. The molecular weight excluding hydrogens is 1320 g/mol. The van der Waals surface area contributed by atoms with Gasteiger partial charge in [-0.1, -0.05) is 54.1 Å². The second-order valence-corrected chi connectivity index (χ2v) is 33.0. The van der Waals surface area contributed by atoms with Gasteiger partial charge in [-0.15, -0.1) is 15.3 Å². The van der Waals surface area contributed by atoms with Gasteiger partial charge in [0.2, 0.25) is 16.5 Å². The molecule has 0 unspecified atom stereocenters. The number of rotatable bonds is 15. The number of halogens is 3. The molecule has 0 fully saturated rings. The number of fused-ring (bicyclic) bond motifs is 3. The van der Waals surface area contributed by atoms with E-state index in [1.807, 2.05) is 61.5 Å². The van der Waals surface area contributed by atoms with Gasteiger partial charge in [0.15, 0.2) is 46.3 Å². The van der Waals surface area contributed by atoms with Gasteiger partial charge in [0.1, 0.15) is 35.2 Å². The van der Waals surface area contributed by atoms with E-state index < -0.39 is 52.4 Å². The lowest BCUT2D eigenvalue weighted by atomic mass is 10.2. The predicted molar refractivity (Wildman–Crippen MR) is 369 cm³/mol. The van der Waals surface area contributed by atoms with E-state index in [2.05, 4.69) is 46.2 Å². The van der Waals surface area contributed by atoms with Crippen LogP contribution in [-0.4, -0.2) is 112 Å². The third-order valence-corrected chi connectivity index (χ3v) is 22.3. The quantitative estimate of drug-likeness (QED) is 0.0470. The molecule has 0 aliphatic rings. The Morgan fingerprint density at radius 2 is 0.924 bits per heavy atom. The SMILES string of the molecule is CC(C)S(=O)(=O)c1ccccc1N.CC(C)S(=O)(=O)c1ccccc1Nc1nc(Cl)nn2cccc12.COc1cc(C)ccc1N.COc1cc(P(C)(C)=O)ccc1Nc1nc(Nc2ccccc2S(=O)(=O)C(C)C)c2cccn2n1.Clc1nc(Cl)c2cccn2n1. The Kier molecular flexibility index (Phi) is 23.4. The second-order valence-electron chi connectivity index (χ2n) is 21.4. The lowest BCUT2D eigenvalue weighted by molar-refractivity contribution is 0.416. The molecule has 0 saturated carbocycles. The summed E-state index contributed by atoms with van der Waals surface area (Å²) in [5.41, 5.74) is 16.9. The van der Waals surface area contributed by atoms with Crippen LogP contribution in [0.5, 0.6) is 11.5 Å². The van der Waals surface area contributed by atoms with Crippen LogP contribution in [0.15, 0.2) is 179 Å². The molecular formula is C62H70Cl3N14O9PS3. The largest absolute Gasteiger partial charge is 0.495 e. The van der Waals surface area contributed by atoms with Gasteiger partial charge >= 0.3 is 0 Å². The van der Waals surface area contributed by atoms with Crippen molar-refractivity contribution in [3.05, 3.63) is 185 Å². The van der Waals surface area contributed by atoms with E-state index >= 15 is 0 Å². The zero-order chi connectivity index (χ0) is 67.5. The van der Waals surface area contributed by atoms with E-state index in [1.54, 1.807) is 179 Å². The average molecular weight is 1390 g/mol. The number of aryl methyl sites for hydroxylation is 1. The van der Waals surface area contributed by atoms with Crippen LogP contribution in [0.2, 0.25) is 15.7 Å². The van der Waals surface area contributed by atoms with Crippen LogP contribution in [0.3, 0.4) is 0 Å². The zero-order valence-corrected chi connectivity index (χ0v) is 57.6. The summed E-state index contributed by atoms with van der Waals surface area (Å²) in [6, 6.07) is 41.9. The van der Waals surface area contributed by atoms with Crippen LogP contribution in [-0.2, 0) is 34.1 Å². The Hall–Kier alpha value is -8.49. The lowest BCUT2D eigenvalue weighted by Gasteiger charge is -2.16. The minimum Gasteiger partial charge on any atom is -0.495 e. The number of para-hydroxylation sites is 3. The average Bonchev–Trinajstić information content (AvgIpc) is 1.29. The van der Waals surface area contributed by atoms with Crippen molar-refractivity contribution in [3.63, 3.8) is 0 Å². The molecule has 92 heavy (non-hydrogen) atoms. The number of aromatic nitrogens is 9. The summed E-state index contributed by atoms with van der Waals surface area (Å²) >= 11 is 17.2. The van der Waals surface area contributed by atoms with Gasteiger partial charge in [0.25, 0.3) is 0 Å². The van der Waals surface area contributed by atoms with Gasteiger partial charge in [-0.05, 0) is 194 Å². The molecule has 23 nitrogen and oxygen atoms in total. The maximum atomic E-state index is 12.9. The van der Waals surface area contributed by atoms with Crippen molar-refractivity contribution in [3.8, 4) is 11.5 Å². The summed E-state index contributed by atoms with van der Waals surface area (Å²) < 4.78 is 102. The van der Waals surface area contributed by atoms with E-state index in [0.717, 1.165) is 16.8 Å². The van der Waals surface area contributed by atoms with Crippen molar-refractivity contribution >= 4 is 139 Å². The fraction of sp³-hybridized carbons (Fsp3) is 0.226. The molecule has 0 bridgehead atoms. The summed E-state index contributed by atoms with van der Waals surface area (Å²) in [4.78, 5) is 13.2. The number of nitrogens with zero attached hydrogens (tertiary/aromatic N) is 9. The second kappa shape index (κ2) is 30.3. The molecule has 486 valence electrons. The number of hydrogen-bond donors (Lipinski definition) is 5. The first kappa shape index (κ1) is 71.0. The highest BCUT2D eigenvalue weighted by Gasteiger charge is 2.26. The fourth-order valence-corrected chi connectivity index (χ4v) is 13.4. The first-order valence-electron chi connectivity index (χ1n) is 28.1. The molecule has 0 aliphatic heterocycles. The normalized spacial score (nSPS) is 11.6. The molecule has 5 aromatic carbocycles. The number of hydrogen-bond acceptors (Lipinski definition) is 20. The molecule has 7 N–H and O–H groups in total. The van der Waals surface area contributed by atoms with Gasteiger partial charge < -0.3 is 41.5 Å². The number of ether oxygens (including phenoxy) is 2. The Morgan fingerprint density at radius 3 is 1.41 bits per heavy atom. The van der Waals surface area contributed by atoms with Crippen molar-refractivity contribution in [1.29, 1.82) is 0 Å². The van der Waals surface area contributed by atoms with Crippen molar-refractivity contribution in [2.75, 3.05) is 55.0 Å². The number of nitrogen functional groups attached to an aromatic ring is 2. The molecule has 11 aromatic rings. The molecule has 30 heteroatoms. The molecule has 0 spiro atoms. The van der Waals surface area contributed by atoms with Crippen molar-refractivity contribution < 1.29 is 39.3 Å². The standard InChI is InChI=1S/C24H28N5O4PS.C15H15ClN4O2S.C9H13NO2S.C8H11NO.C6H3Cl2N3/c1-16(2)35(31,32)22-11-7-6-9-19(22)25-23-20-10-8-14-29(20)28-24(27-23)26-18-13-12-17(34(4,5)30)15-21(18)33-3;1-10(2)23(21,22)13-8-4-3-6-11(13)17-14-12-7-5-9-20(12)19-15(16)18-14;1-7(2)13(11,12)9-6-4-3-5-8(9)10;1-6-3-4-7(9)8(5-6)10-2;7-5-4-2-1-3-11(4)10-6(8)9-5/h6-16H,1-5H3,(H2,25,26,27,28);3-10H,1-2H3,(H,17,18,19);3-7H,10H2,1-2H3;3-5H,9H2,1-2H3;1-3H. The van der Waals surface area contributed by atoms with Gasteiger partial charge in [0, 0.05) is 23.9 Å². The maximum Gasteiger partial charge on any atom is 0.247 e. The van der Waals surface area contributed by atoms with E-state index in [9.17, 15) is 29.8 Å². The molecule has 11 rings (SSSR count). The molecule has 0 aliphatic carbocycles. The van der Waals surface area contributed by atoms with Crippen LogP contribution < -0.4 is 42.2 Å². The Bertz CT molecular complexity index is 4810. The number of nitrogens with one attached hydrogen (secondary N) is 3. The molecule has 0 amide bonds. The Morgan fingerprint density at radius 1 is 0.478 bits per heavy atom. The molecule has 0 radical (unpaired) electrons. The molecule has 0 saturated heterocycles. The van der Waals surface area contributed by atoms with Gasteiger partial charge in [-0.3, -0.25) is 0 Å². The topological polar surface area (TPSA) is 317 Å². The summed E-state index contributed by atoms with van der Waals surface area (Å²) in [5.74, 6) is 2.40. The van der Waals surface area contributed by atoms with Crippen molar-refractivity contribution in [1.82, 2.24) is 43.8 Å². The maximum absolute atomic E-state index is 12.9. The van der Waals surface area contributed by atoms with Crippen molar-refractivity contribution in [2.45, 2.75) is 78.9 Å². The number of nitrogens with two attached hydrogens (primary N) is 2. The van der Waals surface area contributed by atoms with Gasteiger partial charge in [-0.2, -0.15) is 9.97 Å². The smallest absolute Gasteiger partial charge is 0.247 e. The third-order valence-electron chi connectivity index (χ3n) is 13.5. The monoisotopic (exact) mass is 1390 g/mol. The lowest BCUT2D eigenvalue weighted by Crippen LogP contribution is -2.16. The van der Waals surface area contributed by atoms with Crippen LogP contribution in [0.25, 0.3) is 16.6 Å². The minimum atomic E-state index is -3.52. The zero-order valence-electron chi connectivity index (χ0n) is 52.0. The highest BCUT2D eigenvalue weighted by Crippen LogP contribution is 2.39. The summed E-state index contributed by atoms with van der Waals surface area (Å²) in [6.45, 7) is 15.3. The molecule has 0 atom stereocenters. The molecule has 6 aromatic heterocycles. The number of sulfone groups is 3. The van der Waals surface area contributed by atoms with Crippen LogP contribution in [0.4, 0.5) is 46.0 Å². The van der Waals surface area contributed by atoms with E-state index in [0.29, 0.717) is 67.3 Å². The number of anilines is 8. The minimum absolute atomic E-state index is 0.0698. The Balaban J connectivity index is 0.000000179. The van der Waals surface area contributed by atoms with Crippen LogP contribution in [0, 0.1) is 6.92 Å². The van der Waals surface area contributed by atoms with E-state index in [4.69, 9.17) is 55.7 Å². The van der Waals surface area contributed by atoms with Gasteiger partial charge in [-0.25, -0.2) is 43.8 Å². The fourth-order valence-electron chi connectivity index (χ4n) is 8.40. The van der Waals surface area contributed by atoms with Gasteiger partial charge in [0.05, 0.1) is 73.1 Å². The number of benzene rings is 5. The highest BCUT2D eigenvalue weighted by molar-refractivity contribution is 7.92. The first-order chi connectivity index (χ1) is 43.4. The third kappa shape index (κ3) is 17.3.